The van der Waals surface area contributed by atoms with Gasteiger partial charge in [-0.1, -0.05) is 152 Å². The van der Waals surface area contributed by atoms with Crippen LogP contribution in [0.5, 0.6) is 0 Å². The molecule has 0 aliphatic heterocycles. The molecule has 0 saturated carbocycles. The van der Waals surface area contributed by atoms with Crippen molar-refractivity contribution in [1.82, 2.24) is 14.1 Å². The Morgan fingerprint density at radius 2 is 0.944 bits per heavy atom. The van der Waals surface area contributed by atoms with E-state index >= 15 is 0 Å². The normalized spacial score (nSPS) is 11.7. The largest absolute Gasteiger partial charge is 0.309 e. The average Bonchev–Trinajstić information content (AvgIpc) is 3.77. The third-order valence-electron chi connectivity index (χ3n) is 10.9. The first-order chi connectivity index (χ1) is 26.8. The number of hydrogen-bond donors (Lipinski definition) is 0. The zero-order valence-electron chi connectivity index (χ0n) is 29.4. The summed E-state index contributed by atoms with van der Waals surface area (Å²) in [5.41, 5.74) is 13.4. The topological polar surface area (TPSA) is 22.8 Å². The summed E-state index contributed by atoms with van der Waals surface area (Å²) < 4.78 is 4.94. The predicted molar refractivity (Wildman–Crippen MR) is 227 cm³/mol. The van der Waals surface area contributed by atoms with E-state index in [9.17, 15) is 0 Å². The van der Waals surface area contributed by atoms with Crippen molar-refractivity contribution in [2.45, 2.75) is 0 Å². The van der Waals surface area contributed by atoms with Crippen molar-refractivity contribution in [3.05, 3.63) is 200 Å². The number of aromatic nitrogens is 3. The van der Waals surface area contributed by atoms with Crippen molar-refractivity contribution in [2.24, 2.45) is 0 Å². The van der Waals surface area contributed by atoms with Crippen LogP contribution >= 0.6 is 0 Å². The van der Waals surface area contributed by atoms with Crippen LogP contribution in [0.15, 0.2) is 200 Å². The Kier molecular flexibility index (Phi) is 6.86. The van der Waals surface area contributed by atoms with Gasteiger partial charge in [0.25, 0.3) is 0 Å². The number of fused-ring (bicyclic) bond motifs is 8. The van der Waals surface area contributed by atoms with Gasteiger partial charge in [-0.3, -0.25) is 0 Å². The van der Waals surface area contributed by atoms with Gasteiger partial charge in [0.2, 0.25) is 0 Å². The van der Waals surface area contributed by atoms with Crippen molar-refractivity contribution >= 4 is 54.4 Å². The number of para-hydroxylation sites is 3. The summed E-state index contributed by atoms with van der Waals surface area (Å²) >= 11 is 0. The Morgan fingerprint density at radius 1 is 0.352 bits per heavy atom. The van der Waals surface area contributed by atoms with E-state index in [-0.39, 0.29) is 0 Å². The fraction of sp³-hybridized carbons (Fsp3) is 0. The number of hydrogen-bond acceptors (Lipinski definition) is 1. The van der Waals surface area contributed by atoms with Crippen LogP contribution in [0, 0.1) is 0 Å². The zero-order chi connectivity index (χ0) is 35.6. The molecule has 3 nitrogen and oxygen atoms in total. The molecule has 11 aromatic rings. The van der Waals surface area contributed by atoms with Crippen LogP contribution in [0.4, 0.5) is 0 Å². The lowest BCUT2D eigenvalue weighted by atomic mass is 9.98. The first-order valence-corrected chi connectivity index (χ1v) is 18.5. The number of benzene rings is 8. The van der Waals surface area contributed by atoms with Gasteiger partial charge in [-0.05, 0) is 64.9 Å². The molecule has 3 heterocycles. The zero-order valence-corrected chi connectivity index (χ0v) is 29.4. The van der Waals surface area contributed by atoms with Crippen molar-refractivity contribution in [1.29, 1.82) is 0 Å². The first kappa shape index (κ1) is 30.4. The highest BCUT2D eigenvalue weighted by Gasteiger charge is 2.22. The monoisotopic (exact) mass is 687 g/mol. The van der Waals surface area contributed by atoms with E-state index in [1.165, 1.54) is 54.4 Å². The maximum Gasteiger partial charge on any atom is 0.0715 e. The molecule has 11 rings (SSSR count). The van der Waals surface area contributed by atoms with E-state index in [1.807, 2.05) is 0 Å². The van der Waals surface area contributed by atoms with Gasteiger partial charge in [0.1, 0.15) is 0 Å². The Balaban J connectivity index is 1.23. The van der Waals surface area contributed by atoms with Gasteiger partial charge >= 0.3 is 0 Å². The third kappa shape index (κ3) is 4.72. The first-order valence-electron chi connectivity index (χ1n) is 18.5. The summed E-state index contributed by atoms with van der Waals surface area (Å²) in [5.74, 6) is 0. The Bertz CT molecular complexity index is 3150. The minimum Gasteiger partial charge on any atom is -0.309 e. The molecule has 0 bridgehead atoms. The summed E-state index contributed by atoms with van der Waals surface area (Å²) in [6.45, 7) is 0. The molecule has 252 valence electrons. The van der Waals surface area contributed by atoms with Crippen LogP contribution in [-0.2, 0) is 0 Å². The smallest absolute Gasteiger partial charge is 0.0715 e. The van der Waals surface area contributed by atoms with Gasteiger partial charge in [-0.25, -0.2) is 4.98 Å². The molecule has 0 unspecified atom stereocenters. The van der Waals surface area contributed by atoms with E-state index in [0.29, 0.717) is 0 Å². The Labute approximate surface area is 312 Å². The molecule has 8 aromatic carbocycles. The minimum absolute atomic E-state index is 0.949. The van der Waals surface area contributed by atoms with Gasteiger partial charge < -0.3 is 9.13 Å². The number of pyridine rings is 1. The SMILES string of the molecule is c1ccc(-c2cc(-c3ccccc3-n3c4ccccc4c4ccc5c(c6ccccc6n5-c5ccc6ccccc6c5)c43)cc(-c3ccccc3)n2)cc1. The van der Waals surface area contributed by atoms with Gasteiger partial charge in [0.05, 0.1) is 39.1 Å². The molecular formula is C51H33N3. The fourth-order valence-corrected chi connectivity index (χ4v) is 8.47. The maximum atomic E-state index is 5.21. The molecule has 3 heteroatoms. The molecule has 0 aliphatic rings. The molecule has 0 amide bonds. The molecule has 0 saturated heterocycles. The van der Waals surface area contributed by atoms with Gasteiger partial charge in [-0.2, -0.15) is 0 Å². The second kappa shape index (κ2) is 12.2. The molecule has 0 aliphatic carbocycles. The van der Waals surface area contributed by atoms with Gasteiger partial charge in [0, 0.05) is 43.9 Å². The third-order valence-corrected chi connectivity index (χ3v) is 10.9. The van der Waals surface area contributed by atoms with Crippen molar-refractivity contribution in [3.63, 3.8) is 0 Å². The predicted octanol–water partition coefficient (Wildman–Crippen LogP) is 13.4. The summed E-state index contributed by atoms with van der Waals surface area (Å²) in [4.78, 5) is 5.21. The quantitative estimate of drug-likeness (QED) is 0.177. The fourth-order valence-electron chi connectivity index (χ4n) is 8.47. The highest BCUT2D eigenvalue weighted by Crippen LogP contribution is 2.44. The molecule has 0 spiro atoms. The van der Waals surface area contributed by atoms with Crippen LogP contribution in [0.25, 0.3) is 99.4 Å². The van der Waals surface area contributed by atoms with Crippen LogP contribution in [-0.4, -0.2) is 14.1 Å². The standard InChI is InChI=1S/C51H33N3/c1-3-16-35(17-4-1)44-32-38(33-45(52-44)36-18-5-2-6-19-36)40-21-9-12-24-46(40)54-47-25-13-10-22-41(47)42-29-30-49-50(51(42)54)43-23-11-14-26-48(43)53(49)39-28-27-34-15-7-8-20-37(34)31-39/h1-33H. The van der Waals surface area contributed by atoms with E-state index in [2.05, 4.69) is 209 Å². The Hall–Kier alpha value is -7.23. The van der Waals surface area contributed by atoms with E-state index in [1.54, 1.807) is 0 Å². The molecule has 3 aromatic heterocycles. The van der Waals surface area contributed by atoms with E-state index in [0.717, 1.165) is 45.0 Å². The molecule has 0 fully saturated rings. The lowest BCUT2D eigenvalue weighted by Gasteiger charge is -2.16. The second-order valence-electron chi connectivity index (χ2n) is 14.0. The molecule has 0 radical (unpaired) electrons. The van der Waals surface area contributed by atoms with Crippen LogP contribution in [0.1, 0.15) is 0 Å². The average molecular weight is 688 g/mol. The van der Waals surface area contributed by atoms with Gasteiger partial charge in [-0.15, -0.1) is 0 Å². The highest BCUT2D eigenvalue weighted by molar-refractivity contribution is 6.26. The molecule has 0 N–H and O–H groups in total. The summed E-state index contributed by atoms with van der Waals surface area (Å²) in [7, 11) is 0. The number of rotatable bonds is 5. The lowest BCUT2D eigenvalue weighted by molar-refractivity contribution is 1.18. The van der Waals surface area contributed by atoms with Crippen molar-refractivity contribution in [2.75, 3.05) is 0 Å². The van der Waals surface area contributed by atoms with E-state index in [4.69, 9.17) is 4.98 Å². The maximum absolute atomic E-state index is 5.21. The summed E-state index contributed by atoms with van der Waals surface area (Å²) in [6, 6.07) is 72.1. The van der Waals surface area contributed by atoms with Gasteiger partial charge in [0.15, 0.2) is 0 Å². The van der Waals surface area contributed by atoms with E-state index < -0.39 is 0 Å². The lowest BCUT2D eigenvalue weighted by Crippen LogP contribution is -1.99. The Morgan fingerprint density at radius 3 is 1.69 bits per heavy atom. The minimum atomic E-state index is 0.949. The summed E-state index contributed by atoms with van der Waals surface area (Å²) in [5, 5.41) is 7.41. The number of nitrogens with zero attached hydrogens (tertiary/aromatic N) is 3. The second-order valence-corrected chi connectivity index (χ2v) is 14.0. The summed E-state index contributed by atoms with van der Waals surface area (Å²) in [6.07, 6.45) is 0. The van der Waals surface area contributed by atoms with Crippen LogP contribution in [0.2, 0.25) is 0 Å². The highest BCUT2D eigenvalue weighted by atomic mass is 15.0. The van der Waals surface area contributed by atoms with Crippen molar-refractivity contribution < 1.29 is 0 Å². The van der Waals surface area contributed by atoms with Crippen LogP contribution in [0.3, 0.4) is 0 Å². The van der Waals surface area contributed by atoms with Crippen molar-refractivity contribution in [3.8, 4) is 45.0 Å². The van der Waals surface area contributed by atoms with Crippen LogP contribution < -0.4 is 0 Å². The molecule has 54 heavy (non-hydrogen) atoms. The molecular weight excluding hydrogens is 655 g/mol. The molecule has 0 atom stereocenters.